The van der Waals surface area contributed by atoms with Gasteiger partial charge in [-0.15, -0.1) is 10.2 Å². The predicted molar refractivity (Wildman–Crippen MR) is 123 cm³/mol. The smallest absolute Gasteiger partial charge is 0.265 e. The lowest BCUT2D eigenvalue weighted by molar-refractivity contribution is -0.384. The molecule has 3 heterocycles. The molecule has 0 amide bonds. The maximum absolute atomic E-state index is 11.0. The molecule has 33 heavy (non-hydrogen) atoms. The topological polar surface area (TPSA) is 104 Å². The quantitative estimate of drug-likeness (QED) is 0.295. The summed E-state index contributed by atoms with van der Waals surface area (Å²) in [5, 5.41) is 25.5. The second-order valence-electron chi connectivity index (χ2n) is 7.43. The molecule has 0 aliphatic heterocycles. The Kier molecular flexibility index (Phi) is 4.19. The van der Waals surface area contributed by atoms with Gasteiger partial charge in [-0.05, 0) is 24.3 Å². The van der Waals surface area contributed by atoms with E-state index in [4.69, 9.17) is 10.1 Å². The number of nitrogens with zero attached hydrogens (tertiary/aromatic N) is 7. The summed E-state index contributed by atoms with van der Waals surface area (Å²) in [5.41, 5.74) is 4.55. The van der Waals surface area contributed by atoms with Crippen LogP contribution in [0.4, 0.5) is 5.69 Å². The third-order valence-corrected chi connectivity index (χ3v) is 5.46. The zero-order valence-electron chi connectivity index (χ0n) is 17.1. The molecule has 0 aliphatic carbocycles. The van der Waals surface area contributed by atoms with Crippen LogP contribution in [0.5, 0.6) is 0 Å². The lowest BCUT2D eigenvalue weighted by Crippen LogP contribution is -1.99. The summed E-state index contributed by atoms with van der Waals surface area (Å²) in [6.45, 7) is 0. The molecule has 158 valence electrons. The number of para-hydroxylation sites is 1. The molecule has 3 aromatic heterocycles. The first kappa shape index (κ1) is 18.8. The first-order valence-electron chi connectivity index (χ1n) is 10.2. The number of non-ortho nitro benzene ring substituents is 1. The Hall–Kier alpha value is -4.92. The zero-order valence-corrected chi connectivity index (χ0v) is 17.1. The van der Waals surface area contributed by atoms with E-state index in [2.05, 4.69) is 10.2 Å². The van der Waals surface area contributed by atoms with Crippen molar-refractivity contribution in [1.29, 1.82) is 0 Å². The van der Waals surface area contributed by atoms with Crippen LogP contribution in [0.15, 0.2) is 91.3 Å². The SMILES string of the molecule is O=[N+]([O-])c1ccc(-c2nnc3c4c(-c5ccccc5)nn(-c5ccccc5)c4ncn23)cc1. The number of hydrogen-bond donors (Lipinski definition) is 0. The summed E-state index contributed by atoms with van der Waals surface area (Å²) in [4.78, 5) is 15.3. The fourth-order valence-electron chi connectivity index (χ4n) is 3.89. The van der Waals surface area contributed by atoms with Crippen molar-refractivity contribution in [3.8, 4) is 28.3 Å². The van der Waals surface area contributed by atoms with Gasteiger partial charge in [-0.3, -0.25) is 14.5 Å². The fraction of sp³-hybridized carbons (Fsp3) is 0. The van der Waals surface area contributed by atoms with Crippen LogP contribution in [-0.4, -0.2) is 34.3 Å². The number of aromatic nitrogens is 6. The van der Waals surface area contributed by atoms with Crippen LogP contribution in [-0.2, 0) is 0 Å². The normalized spacial score (nSPS) is 11.3. The number of nitro benzene ring substituents is 1. The Labute approximate surface area is 186 Å². The molecule has 0 radical (unpaired) electrons. The summed E-state index contributed by atoms with van der Waals surface area (Å²) in [5.74, 6) is 0.542. The molecule has 9 nitrogen and oxygen atoms in total. The standard InChI is InChI=1S/C24H15N7O2/c32-31(33)19-13-11-17(12-14-19)22-26-27-24-20-21(16-7-3-1-4-8-16)28-30(18-9-5-2-6-10-18)23(20)25-15-29(22)24/h1-15H. The molecule has 0 saturated carbocycles. The van der Waals surface area contributed by atoms with Crippen molar-refractivity contribution in [2.45, 2.75) is 0 Å². The van der Waals surface area contributed by atoms with Gasteiger partial charge in [-0.25, -0.2) is 9.67 Å². The molecule has 0 unspecified atom stereocenters. The Morgan fingerprint density at radius 3 is 2.15 bits per heavy atom. The Balaban J connectivity index is 1.62. The monoisotopic (exact) mass is 433 g/mol. The third-order valence-electron chi connectivity index (χ3n) is 5.46. The van der Waals surface area contributed by atoms with E-state index >= 15 is 0 Å². The van der Waals surface area contributed by atoms with E-state index < -0.39 is 4.92 Å². The average Bonchev–Trinajstić information content (AvgIpc) is 3.47. The fourth-order valence-corrected chi connectivity index (χ4v) is 3.89. The molecule has 0 spiro atoms. The van der Waals surface area contributed by atoms with E-state index in [1.54, 1.807) is 27.5 Å². The molecule has 0 fully saturated rings. The highest BCUT2D eigenvalue weighted by atomic mass is 16.6. The maximum atomic E-state index is 11.0. The number of nitro groups is 1. The van der Waals surface area contributed by atoms with Gasteiger partial charge in [0.15, 0.2) is 17.1 Å². The van der Waals surface area contributed by atoms with Crippen molar-refractivity contribution in [2.75, 3.05) is 0 Å². The van der Waals surface area contributed by atoms with Gasteiger partial charge in [-0.2, -0.15) is 5.10 Å². The largest absolute Gasteiger partial charge is 0.269 e. The molecule has 0 saturated heterocycles. The van der Waals surface area contributed by atoms with Crippen LogP contribution >= 0.6 is 0 Å². The molecule has 3 aromatic carbocycles. The molecule has 9 heteroatoms. The molecule has 0 aliphatic rings. The molecule has 0 atom stereocenters. The highest BCUT2D eigenvalue weighted by Gasteiger charge is 2.21. The number of benzene rings is 3. The van der Waals surface area contributed by atoms with Gasteiger partial charge >= 0.3 is 0 Å². The van der Waals surface area contributed by atoms with Crippen LogP contribution in [0.1, 0.15) is 0 Å². The van der Waals surface area contributed by atoms with Gasteiger partial charge in [0.1, 0.15) is 12.0 Å². The molecule has 6 rings (SSSR count). The molecular formula is C24H15N7O2. The number of rotatable bonds is 4. The lowest BCUT2D eigenvalue weighted by atomic mass is 10.1. The highest BCUT2D eigenvalue weighted by molar-refractivity contribution is 6.01. The van der Waals surface area contributed by atoms with Gasteiger partial charge in [0.25, 0.3) is 5.69 Å². The predicted octanol–water partition coefficient (Wildman–Crippen LogP) is 4.71. The van der Waals surface area contributed by atoms with Crippen molar-refractivity contribution in [3.05, 3.63) is 101 Å². The van der Waals surface area contributed by atoms with E-state index in [-0.39, 0.29) is 5.69 Å². The first-order chi connectivity index (χ1) is 16.2. The Bertz CT molecular complexity index is 1620. The average molecular weight is 433 g/mol. The van der Waals surface area contributed by atoms with E-state index in [0.717, 1.165) is 22.3 Å². The van der Waals surface area contributed by atoms with Gasteiger partial charge in [-0.1, -0.05) is 48.5 Å². The van der Waals surface area contributed by atoms with Crippen LogP contribution in [0.2, 0.25) is 0 Å². The van der Waals surface area contributed by atoms with Crippen molar-refractivity contribution in [3.63, 3.8) is 0 Å². The van der Waals surface area contributed by atoms with Crippen molar-refractivity contribution in [1.82, 2.24) is 29.4 Å². The van der Waals surface area contributed by atoms with Crippen LogP contribution in [0, 0.1) is 10.1 Å². The van der Waals surface area contributed by atoms with Crippen LogP contribution < -0.4 is 0 Å². The van der Waals surface area contributed by atoms with Crippen LogP contribution in [0.25, 0.3) is 45.0 Å². The summed E-state index contributed by atoms with van der Waals surface area (Å²) >= 11 is 0. The minimum absolute atomic E-state index is 0.0172. The summed E-state index contributed by atoms with van der Waals surface area (Å²) < 4.78 is 3.59. The molecule has 0 N–H and O–H groups in total. The molecule has 6 aromatic rings. The van der Waals surface area contributed by atoms with Gasteiger partial charge in [0, 0.05) is 23.3 Å². The third kappa shape index (κ3) is 3.02. The maximum Gasteiger partial charge on any atom is 0.269 e. The van der Waals surface area contributed by atoms with Gasteiger partial charge < -0.3 is 0 Å². The van der Waals surface area contributed by atoms with E-state index in [0.29, 0.717) is 22.7 Å². The Morgan fingerprint density at radius 2 is 1.45 bits per heavy atom. The van der Waals surface area contributed by atoms with E-state index in [9.17, 15) is 10.1 Å². The second-order valence-corrected chi connectivity index (χ2v) is 7.43. The Morgan fingerprint density at radius 1 is 0.758 bits per heavy atom. The lowest BCUT2D eigenvalue weighted by Gasteiger charge is -2.03. The van der Waals surface area contributed by atoms with Crippen molar-refractivity contribution >= 4 is 22.4 Å². The molecular weight excluding hydrogens is 418 g/mol. The minimum Gasteiger partial charge on any atom is -0.265 e. The second kappa shape index (κ2) is 7.34. The van der Waals surface area contributed by atoms with Crippen molar-refractivity contribution in [2.24, 2.45) is 0 Å². The van der Waals surface area contributed by atoms with E-state index in [1.807, 2.05) is 60.7 Å². The highest BCUT2D eigenvalue weighted by Crippen LogP contribution is 2.32. The van der Waals surface area contributed by atoms with E-state index in [1.165, 1.54) is 12.1 Å². The van der Waals surface area contributed by atoms with Crippen LogP contribution in [0.3, 0.4) is 0 Å². The number of fused-ring (bicyclic) bond motifs is 3. The van der Waals surface area contributed by atoms with Gasteiger partial charge in [0.05, 0.1) is 16.0 Å². The van der Waals surface area contributed by atoms with Crippen molar-refractivity contribution < 1.29 is 4.92 Å². The van der Waals surface area contributed by atoms with Gasteiger partial charge in [0.2, 0.25) is 0 Å². The zero-order chi connectivity index (χ0) is 22.4. The first-order valence-corrected chi connectivity index (χ1v) is 10.2. The summed E-state index contributed by atoms with van der Waals surface area (Å²) in [6, 6.07) is 25.9. The minimum atomic E-state index is -0.430. The summed E-state index contributed by atoms with van der Waals surface area (Å²) in [6.07, 6.45) is 1.66. The summed E-state index contributed by atoms with van der Waals surface area (Å²) in [7, 11) is 0. The number of hydrogen-bond acceptors (Lipinski definition) is 6. The molecule has 0 bridgehead atoms.